The molecule has 0 N–H and O–H groups in total. The first-order valence-electron chi connectivity index (χ1n) is 17.1. The van der Waals surface area contributed by atoms with E-state index in [1.165, 1.54) is 84.9 Å². The molecule has 2 saturated heterocycles. The second kappa shape index (κ2) is 12.5. The second-order valence-electron chi connectivity index (χ2n) is 13.6. The predicted octanol–water partition coefficient (Wildman–Crippen LogP) is 3.45. The Morgan fingerprint density at radius 2 is 0.768 bits per heavy atom. The number of hydrogen-bond donors (Lipinski definition) is 0. The standard InChI is InChI=1S/C40H22N2O14/c43-31-25-15-27-28(34(46)42(33(27)45)20-5-9-22(10-6-20)54-36(48)18-2-12-24-30(14-18)40(52)56-38(24)50)16-26(25)32(44)41(31)19-3-7-21(8-4-19)53-35(47)17-1-11-23-29(13-17)39(51)55-37(23)49/h1-14,25-28H,15-16H2. The Morgan fingerprint density at radius 3 is 1.11 bits per heavy atom. The largest absolute Gasteiger partial charge is 0.423 e. The molecule has 1 aliphatic carbocycles. The number of fused-ring (bicyclic) bond motifs is 4. The van der Waals surface area contributed by atoms with Crippen molar-refractivity contribution < 1.29 is 66.9 Å². The van der Waals surface area contributed by atoms with Crippen LogP contribution in [0.1, 0.15) is 75.0 Å². The van der Waals surface area contributed by atoms with Crippen LogP contribution < -0.4 is 19.3 Å². The van der Waals surface area contributed by atoms with Gasteiger partial charge in [0.05, 0.1) is 68.4 Å². The number of anilines is 2. The molecule has 4 atom stereocenters. The normalized spacial score (nSPS) is 22.1. The molecule has 4 amide bonds. The highest BCUT2D eigenvalue weighted by Gasteiger charge is 2.60. The summed E-state index contributed by atoms with van der Waals surface area (Å²) in [5.74, 6) is -10.4. The van der Waals surface area contributed by atoms with Gasteiger partial charge in [0.1, 0.15) is 11.5 Å². The van der Waals surface area contributed by atoms with Crippen molar-refractivity contribution in [2.24, 2.45) is 23.7 Å². The molecule has 56 heavy (non-hydrogen) atoms. The number of carbonyl (C=O) groups excluding carboxylic acids is 10. The third-order valence-electron chi connectivity index (χ3n) is 10.5. The number of benzene rings is 4. The maximum atomic E-state index is 13.7. The van der Waals surface area contributed by atoms with Gasteiger partial charge in [-0.1, -0.05) is 0 Å². The predicted molar refractivity (Wildman–Crippen MR) is 183 cm³/mol. The fourth-order valence-corrected chi connectivity index (χ4v) is 7.77. The molecule has 276 valence electrons. The second-order valence-corrected chi connectivity index (χ2v) is 13.6. The Kier molecular flexibility index (Phi) is 7.61. The number of amides is 4. The minimum absolute atomic E-state index is 0.0107. The number of ether oxygens (including phenoxy) is 4. The van der Waals surface area contributed by atoms with E-state index >= 15 is 0 Å². The van der Waals surface area contributed by atoms with Gasteiger partial charge in [-0.2, -0.15) is 0 Å². The van der Waals surface area contributed by atoms with Gasteiger partial charge in [0.15, 0.2) is 0 Å². The molecule has 0 aromatic heterocycles. The van der Waals surface area contributed by atoms with Crippen molar-refractivity contribution in [3.8, 4) is 11.5 Å². The number of carbonyl (C=O) groups is 10. The highest BCUT2D eigenvalue weighted by Crippen LogP contribution is 2.49. The van der Waals surface area contributed by atoms with E-state index in [4.69, 9.17) is 9.47 Å². The molecule has 0 spiro atoms. The van der Waals surface area contributed by atoms with Gasteiger partial charge in [-0.15, -0.1) is 0 Å². The number of cyclic esters (lactones) is 4. The van der Waals surface area contributed by atoms with E-state index in [1.807, 2.05) is 0 Å². The summed E-state index contributed by atoms with van der Waals surface area (Å²) >= 11 is 0. The van der Waals surface area contributed by atoms with E-state index < -0.39 is 83.1 Å². The van der Waals surface area contributed by atoms with Crippen molar-refractivity contribution in [3.63, 3.8) is 0 Å². The van der Waals surface area contributed by atoms with Crippen molar-refractivity contribution in [2.45, 2.75) is 12.8 Å². The fourth-order valence-electron chi connectivity index (χ4n) is 7.77. The van der Waals surface area contributed by atoms with E-state index in [2.05, 4.69) is 9.47 Å². The minimum atomic E-state index is -0.876. The number of esters is 6. The van der Waals surface area contributed by atoms with Gasteiger partial charge in [-0.05, 0) is 97.8 Å². The highest BCUT2D eigenvalue weighted by atomic mass is 16.6. The topological polar surface area (TPSA) is 214 Å². The van der Waals surface area contributed by atoms with Crippen molar-refractivity contribution >= 4 is 70.8 Å². The molecule has 0 bridgehead atoms. The zero-order valence-corrected chi connectivity index (χ0v) is 28.4. The third-order valence-corrected chi connectivity index (χ3v) is 10.5. The smallest absolute Gasteiger partial charge is 0.346 e. The first-order chi connectivity index (χ1) is 26.9. The van der Waals surface area contributed by atoms with Gasteiger partial charge in [0.25, 0.3) is 0 Å². The number of hydrogen-bond acceptors (Lipinski definition) is 14. The molecule has 5 aliphatic rings. The average molecular weight is 755 g/mol. The summed E-state index contributed by atoms with van der Waals surface area (Å²) in [6.45, 7) is 0. The molecule has 16 nitrogen and oxygen atoms in total. The zero-order valence-electron chi connectivity index (χ0n) is 28.4. The molecule has 4 aromatic rings. The molecule has 1 saturated carbocycles. The quantitative estimate of drug-likeness (QED) is 0.119. The van der Waals surface area contributed by atoms with Crippen LogP contribution in [0.15, 0.2) is 84.9 Å². The Balaban J connectivity index is 0.849. The summed E-state index contributed by atoms with van der Waals surface area (Å²) in [7, 11) is 0. The lowest BCUT2D eigenvalue weighted by atomic mass is 9.70. The molecule has 0 radical (unpaired) electrons. The van der Waals surface area contributed by atoms with Gasteiger partial charge in [0.2, 0.25) is 23.6 Å². The van der Waals surface area contributed by atoms with Crippen molar-refractivity contribution in [1.29, 1.82) is 0 Å². The average Bonchev–Trinajstić information content (AvgIpc) is 3.83. The Hall–Kier alpha value is -7.62. The number of nitrogens with zero attached hydrogens (tertiary/aromatic N) is 2. The third kappa shape index (κ3) is 5.29. The number of rotatable bonds is 6. The molecule has 4 unspecified atom stereocenters. The summed E-state index contributed by atoms with van der Waals surface area (Å²) in [6.07, 6.45) is -0.0502. The SMILES string of the molecule is O=C(Oc1ccc(N2C(=O)C3CC4C(=O)N(c5ccc(OC(=O)c6ccc7c(c6)C(=O)OC7=O)cc5)C(=O)C4CC3C2=O)cc1)c1ccc2c(c1)C(=O)OC2=O. The molecule has 3 fully saturated rings. The maximum Gasteiger partial charge on any atom is 0.346 e. The lowest BCUT2D eigenvalue weighted by molar-refractivity contribution is -0.129. The summed E-state index contributed by atoms with van der Waals surface area (Å²) in [5, 5.41) is 0. The van der Waals surface area contributed by atoms with Crippen LogP contribution >= 0.6 is 0 Å². The van der Waals surface area contributed by atoms with E-state index in [1.54, 1.807) is 0 Å². The molecule has 4 aliphatic heterocycles. The lowest BCUT2D eigenvalue weighted by Gasteiger charge is -2.28. The van der Waals surface area contributed by atoms with Gasteiger partial charge < -0.3 is 18.9 Å². The Bertz CT molecular complexity index is 2340. The van der Waals surface area contributed by atoms with Crippen LogP contribution in [0.25, 0.3) is 0 Å². The van der Waals surface area contributed by atoms with E-state index in [9.17, 15) is 47.9 Å². The zero-order chi connectivity index (χ0) is 39.2. The Morgan fingerprint density at radius 1 is 0.446 bits per heavy atom. The van der Waals surface area contributed by atoms with E-state index in [0.717, 1.165) is 9.80 Å². The molecular weight excluding hydrogens is 732 g/mol. The summed E-state index contributed by atoms with van der Waals surface area (Å²) in [6, 6.07) is 18.7. The van der Waals surface area contributed by atoms with Gasteiger partial charge >= 0.3 is 35.8 Å². The number of imide groups is 2. The first kappa shape index (κ1) is 34.2. The van der Waals surface area contributed by atoms with E-state index in [0.29, 0.717) is 0 Å². The van der Waals surface area contributed by atoms with Crippen molar-refractivity contribution in [1.82, 2.24) is 0 Å². The molecule has 16 heteroatoms. The summed E-state index contributed by atoms with van der Waals surface area (Å²) in [4.78, 5) is 129. The van der Waals surface area contributed by atoms with Gasteiger partial charge in [0, 0.05) is 0 Å². The summed E-state index contributed by atoms with van der Waals surface area (Å²) in [5.41, 5.74) is 0.323. The maximum absolute atomic E-state index is 13.7. The van der Waals surface area contributed by atoms with Crippen LogP contribution in [0.5, 0.6) is 11.5 Å². The first-order valence-corrected chi connectivity index (χ1v) is 17.1. The van der Waals surface area contributed by atoms with Gasteiger partial charge in [-0.3, -0.25) is 29.0 Å². The fraction of sp³-hybridized carbons (Fsp3) is 0.150. The highest BCUT2D eigenvalue weighted by molar-refractivity contribution is 6.25. The van der Waals surface area contributed by atoms with Gasteiger partial charge in [-0.25, -0.2) is 28.8 Å². The van der Waals surface area contributed by atoms with Crippen LogP contribution in [0.2, 0.25) is 0 Å². The molecule has 9 rings (SSSR count). The van der Waals surface area contributed by atoms with Crippen LogP contribution in [-0.2, 0) is 28.7 Å². The van der Waals surface area contributed by atoms with Crippen molar-refractivity contribution in [2.75, 3.05) is 9.80 Å². The molecule has 4 aromatic carbocycles. The Labute approximate surface area is 313 Å². The molecular formula is C40H22N2O14. The van der Waals surface area contributed by atoms with Crippen LogP contribution in [-0.4, -0.2) is 59.4 Å². The minimum Gasteiger partial charge on any atom is -0.423 e. The summed E-state index contributed by atoms with van der Waals surface area (Å²) < 4.78 is 19.8. The van der Waals surface area contributed by atoms with E-state index in [-0.39, 0.29) is 69.1 Å². The van der Waals surface area contributed by atoms with Crippen LogP contribution in [0.3, 0.4) is 0 Å². The van der Waals surface area contributed by atoms with Crippen LogP contribution in [0, 0.1) is 23.7 Å². The molecule has 4 heterocycles. The lowest BCUT2D eigenvalue weighted by Crippen LogP contribution is -2.35. The van der Waals surface area contributed by atoms with Crippen molar-refractivity contribution in [3.05, 3.63) is 118 Å². The van der Waals surface area contributed by atoms with Crippen LogP contribution in [0.4, 0.5) is 11.4 Å². The monoisotopic (exact) mass is 754 g/mol.